The van der Waals surface area contributed by atoms with E-state index in [9.17, 15) is 4.79 Å². The molecule has 0 aliphatic heterocycles. The maximum atomic E-state index is 10.9. The minimum absolute atomic E-state index is 0.219. The number of carbonyl (C=O) groups excluding carboxylic acids is 1. The zero-order chi connectivity index (χ0) is 9.52. The minimum Gasteiger partial charge on any atom is -0.445 e. The van der Waals surface area contributed by atoms with E-state index < -0.39 is 6.09 Å². The van der Waals surface area contributed by atoms with Crippen LogP contribution in [0.15, 0.2) is 25.0 Å². The molecule has 0 radical (unpaired) electrons. The van der Waals surface area contributed by atoms with Gasteiger partial charge in [0.1, 0.15) is 6.61 Å². The molecule has 0 spiro atoms. The highest BCUT2D eigenvalue weighted by Crippen LogP contribution is 1.92. The molecule has 1 heterocycles. The van der Waals surface area contributed by atoms with E-state index in [1.807, 2.05) is 0 Å². The average Bonchev–Trinajstić information content (AvgIpc) is 2.64. The van der Waals surface area contributed by atoms with Crippen LogP contribution in [0, 0.1) is 0 Å². The first-order valence-corrected chi connectivity index (χ1v) is 3.82. The summed E-state index contributed by atoms with van der Waals surface area (Å²) in [5.74, 6) is 0. The van der Waals surface area contributed by atoms with Crippen LogP contribution in [0.5, 0.6) is 0 Å². The number of alkyl carbamates (subject to hydrolysis) is 1. The van der Waals surface area contributed by atoms with Crippen molar-refractivity contribution in [2.24, 2.45) is 0 Å². The number of aromatic nitrogens is 2. The Labute approximate surface area is 75.8 Å². The third-order valence-corrected chi connectivity index (χ3v) is 1.32. The van der Waals surface area contributed by atoms with Crippen molar-refractivity contribution < 1.29 is 9.53 Å². The molecule has 5 heteroatoms. The highest BCUT2D eigenvalue weighted by Gasteiger charge is 2.00. The Balaban J connectivity index is 2.19. The average molecular weight is 181 g/mol. The molecule has 5 nitrogen and oxygen atoms in total. The minimum atomic E-state index is -0.457. The fourth-order valence-electron chi connectivity index (χ4n) is 0.734. The number of hydrogen-bond acceptors (Lipinski definition) is 3. The fourth-order valence-corrected chi connectivity index (χ4v) is 0.734. The summed E-state index contributed by atoms with van der Waals surface area (Å²) in [7, 11) is 0. The number of nitrogens with one attached hydrogen (secondary N) is 2. The number of rotatable bonds is 4. The Morgan fingerprint density at radius 1 is 1.85 bits per heavy atom. The van der Waals surface area contributed by atoms with Gasteiger partial charge in [-0.2, -0.15) is 5.10 Å². The van der Waals surface area contributed by atoms with E-state index in [2.05, 4.69) is 22.1 Å². The molecule has 0 aromatic carbocycles. The second-order valence-corrected chi connectivity index (χ2v) is 2.35. The first-order chi connectivity index (χ1) is 6.33. The summed E-state index contributed by atoms with van der Waals surface area (Å²) >= 11 is 0. The third-order valence-electron chi connectivity index (χ3n) is 1.32. The monoisotopic (exact) mass is 181 g/mol. The van der Waals surface area contributed by atoms with Gasteiger partial charge in [0.25, 0.3) is 0 Å². The standard InChI is InChI=1S/C8H11N3O2/c1-2-3-13-8(12)9-4-7-5-10-11-6-7/h2,5-6H,1,3-4H2,(H,9,12)(H,10,11). The highest BCUT2D eigenvalue weighted by atomic mass is 16.5. The zero-order valence-corrected chi connectivity index (χ0v) is 7.12. The van der Waals surface area contributed by atoms with Gasteiger partial charge < -0.3 is 10.1 Å². The molecule has 0 aliphatic carbocycles. The predicted octanol–water partition coefficient (Wildman–Crippen LogP) is 0.822. The van der Waals surface area contributed by atoms with Crippen molar-refractivity contribution in [2.75, 3.05) is 6.61 Å². The van der Waals surface area contributed by atoms with Gasteiger partial charge in [0.15, 0.2) is 0 Å². The molecule has 13 heavy (non-hydrogen) atoms. The summed E-state index contributed by atoms with van der Waals surface area (Å²) in [6.07, 6.45) is 4.39. The molecule has 0 unspecified atom stereocenters. The van der Waals surface area contributed by atoms with E-state index in [0.717, 1.165) is 5.56 Å². The van der Waals surface area contributed by atoms with Crippen LogP contribution in [0.25, 0.3) is 0 Å². The van der Waals surface area contributed by atoms with Gasteiger partial charge in [-0.3, -0.25) is 5.10 Å². The molecule has 1 amide bonds. The zero-order valence-electron chi connectivity index (χ0n) is 7.12. The van der Waals surface area contributed by atoms with Crippen LogP contribution in [-0.2, 0) is 11.3 Å². The van der Waals surface area contributed by atoms with Crippen molar-refractivity contribution in [1.29, 1.82) is 0 Å². The Morgan fingerprint density at radius 3 is 3.31 bits per heavy atom. The van der Waals surface area contributed by atoms with E-state index in [1.54, 1.807) is 12.4 Å². The van der Waals surface area contributed by atoms with Crippen LogP contribution in [0.3, 0.4) is 0 Å². The van der Waals surface area contributed by atoms with E-state index in [1.165, 1.54) is 6.08 Å². The lowest BCUT2D eigenvalue weighted by atomic mass is 10.4. The Bertz CT molecular complexity index is 269. The molecule has 0 saturated heterocycles. The molecular weight excluding hydrogens is 170 g/mol. The van der Waals surface area contributed by atoms with Crippen molar-refractivity contribution >= 4 is 6.09 Å². The highest BCUT2D eigenvalue weighted by molar-refractivity contribution is 5.67. The van der Waals surface area contributed by atoms with Crippen molar-refractivity contribution in [2.45, 2.75) is 6.54 Å². The van der Waals surface area contributed by atoms with Gasteiger partial charge >= 0.3 is 6.09 Å². The summed E-state index contributed by atoms with van der Waals surface area (Å²) in [6, 6.07) is 0. The summed E-state index contributed by atoms with van der Waals surface area (Å²) in [5.41, 5.74) is 0.899. The fraction of sp³-hybridized carbons (Fsp3) is 0.250. The van der Waals surface area contributed by atoms with Gasteiger partial charge in [0.05, 0.1) is 6.20 Å². The van der Waals surface area contributed by atoms with E-state index in [-0.39, 0.29) is 6.61 Å². The molecule has 2 N–H and O–H groups in total. The lowest BCUT2D eigenvalue weighted by molar-refractivity contribution is 0.158. The molecule has 0 saturated carbocycles. The second kappa shape index (κ2) is 4.97. The van der Waals surface area contributed by atoms with Crippen LogP contribution in [0.4, 0.5) is 4.79 Å². The van der Waals surface area contributed by atoms with E-state index in [4.69, 9.17) is 4.74 Å². The van der Waals surface area contributed by atoms with Crippen molar-refractivity contribution in [3.8, 4) is 0 Å². The number of ether oxygens (including phenoxy) is 1. The number of aromatic amines is 1. The first kappa shape index (κ1) is 9.31. The predicted molar refractivity (Wildman–Crippen MR) is 47.0 cm³/mol. The van der Waals surface area contributed by atoms with Gasteiger partial charge in [-0.15, -0.1) is 0 Å². The number of H-pyrrole nitrogens is 1. The molecule has 0 bridgehead atoms. The molecule has 0 fully saturated rings. The number of nitrogens with zero attached hydrogens (tertiary/aromatic N) is 1. The lowest BCUT2D eigenvalue weighted by Crippen LogP contribution is -2.23. The number of amides is 1. The van der Waals surface area contributed by atoms with E-state index in [0.29, 0.717) is 6.54 Å². The van der Waals surface area contributed by atoms with Gasteiger partial charge in [-0.25, -0.2) is 4.79 Å². The number of hydrogen-bond donors (Lipinski definition) is 2. The molecule has 1 aromatic heterocycles. The Hall–Kier alpha value is -1.78. The van der Waals surface area contributed by atoms with Crippen molar-refractivity contribution in [3.05, 3.63) is 30.6 Å². The van der Waals surface area contributed by atoms with Gasteiger partial charge in [0.2, 0.25) is 0 Å². The van der Waals surface area contributed by atoms with Gasteiger partial charge in [-0.1, -0.05) is 12.7 Å². The molecular formula is C8H11N3O2. The van der Waals surface area contributed by atoms with Crippen LogP contribution in [0.1, 0.15) is 5.56 Å². The molecule has 0 aliphatic rings. The van der Waals surface area contributed by atoms with Crippen LogP contribution >= 0.6 is 0 Å². The lowest BCUT2D eigenvalue weighted by Gasteiger charge is -2.02. The maximum Gasteiger partial charge on any atom is 0.407 e. The Morgan fingerprint density at radius 2 is 2.69 bits per heavy atom. The molecule has 70 valence electrons. The van der Waals surface area contributed by atoms with Gasteiger partial charge in [-0.05, 0) is 0 Å². The largest absolute Gasteiger partial charge is 0.445 e. The summed E-state index contributed by atoms with van der Waals surface area (Å²) in [5, 5.41) is 8.92. The molecule has 1 aromatic rings. The van der Waals surface area contributed by atoms with E-state index >= 15 is 0 Å². The summed E-state index contributed by atoms with van der Waals surface area (Å²) in [6.45, 7) is 4.05. The molecule has 1 rings (SSSR count). The van der Waals surface area contributed by atoms with Crippen LogP contribution in [-0.4, -0.2) is 22.9 Å². The summed E-state index contributed by atoms with van der Waals surface area (Å²) in [4.78, 5) is 10.9. The van der Waals surface area contributed by atoms with Crippen molar-refractivity contribution in [3.63, 3.8) is 0 Å². The normalized spacial score (nSPS) is 9.23. The summed E-state index contributed by atoms with van der Waals surface area (Å²) < 4.78 is 4.69. The topological polar surface area (TPSA) is 67.0 Å². The maximum absolute atomic E-state index is 10.9. The third kappa shape index (κ3) is 3.42. The second-order valence-electron chi connectivity index (χ2n) is 2.35. The SMILES string of the molecule is C=CCOC(=O)NCc1cn[nH]c1. The molecule has 0 atom stereocenters. The quantitative estimate of drug-likeness (QED) is 0.676. The van der Waals surface area contributed by atoms with Crippen molar-refractivity contribution in [1.82, 2.24) is 15.5 Å². The smallest absolute Gasteiger partial charge is 0.407 e. The van der Waals surface area contributed by atoms with Crippen LogP contribution in [0.2, 0.25) is 0 Å². The van der Waals surface area contributed by atoms with Gasteiger partial charge in [0, 0.05) is 18.3 Å². The van der Waals surface area contributed by atoms with Crippen LogP contribution < -0.4 is 5.32 Å². The Kier molecular flexibility index (Phi) is 3.56. The first-order valence-electron chi connectivity index (χ1n) is 3.82. The number of carbonyl (C=O) groups is 1.